The number of carbonyl (C=O) groups is 1. The highest BCUT2D eigenvalue weighted by Gasteiger charge is 2.40. The van der Waals surface area contributed by atoms with Gasteiger partial charge in [-0.05, 0) is 23.4 Å². The van der Waals surface area contributed by atoms with Crippen LogP contribution in [-0.2, 0) is 20.9 Å². The molecule has 22 heavy (non-hydrogen) atoms. The molecule has 0 saturated carbocycles. The van der Waals surface area contributed by atoms with Crippen LogP contribution in [0.2, 0.25) is 0 Å². The molecule has 0 aliphatic carbocycles. The zero-order valence-corrected chi connectivity index (χ0v) is 12.9. The summed E-state index contributed by atoms with van der Waals surface area (Å²) in [6.07, 6.45) is 0.182. The summed E-state index contributed by atoms with van der Waals surface area (Å²) in [5, 5.41) is 3.74. The highest BCUT2D eigenvalue weighted by molar-refractivity contribution is 5.75. The fraction of sp³-hybridized carbons (Fsp3) is 0.562. The van der Waals surface area contributed by atoms with Crippen LogP contribution in [0.3, 0.4) is 0 Å². The van der Waals surface area contributed by atoms with Gasteiger partial charge in [0.15, 0.2) is 0 Å². The van der Waals surface area contributed by atoms with Crippen LogP contribution in [0.25, 0.3) is 10.4 Å². The zero-order chi connectivity index (χ0) is 15.9. The standard InChI is InChI=1S/C16H21N3O3/c1-11(2)13-8-15(22-16(13)20)14(18-19-17)10-21-9-12-6-4-3-5-7-12/h3-7,11,13-15H,8-10H2,1-2H3/t13-,14+,15-/m0/s1. The van der Waals surface area contributed by atoms with E-state index in [1.165, 1.54) is 0 Å². The van der Waals surface area contributed by atoms with Crippen LogP contribution >= 0.6 is 0 Å². The first-order valence-corrected chi connectivity index (χ1v) is 7.48. The van der Waals surface area contributed by atoms with E-state index in [-0.39, 0.29) is 24.4 Å². The lowest BCUT2D eigenvalue weighted by Gasteiger charge is -2.18. The van der Waals surface area contributed by atoms with Crippen molar-refractivity contribution < 1.29 is 14.3 Å². The largest absolute Gasteiger partial charge is 0.462 e. The second kappa shape index (κ2) is 7.82. The van der Waals surface area contributed by atoms with Crippen molar-refractivity contribution in [1.29, 1.82) is 0 Å². The lowest BCUT2D eigenvalue weighted by molar-refractivity contribution is -0.146. The highest BCUT2D eigenvalue weighted by atomic mass is 16.6. The number of hydrogen-bond donors (Lipinski definition) is 0. The van der Waals surface area contributed by atoms with Crippen molar-refractivity contribution in [1.82, 2.24) is 0 Å². The van der Waals surface area contributed by atoms with Gasteiger partial charge in [-0.3, -0.25) is 4.79 Å². The normalized spacial score (nSPS) is 22.2. The minimum Gasteiger partial charge on any atom is -0.462 e. The molecule has 0 spiro atoms. The summed E-state index contributed by atoms with van der Waals surface area (Å²) in [5.41, 5.74) is 9.76. The van der Waals surface area contributed by atoms with Gasteiger partial charge < -0.3 is 9.47 Å². The van der Waals surface area contributed by atoms with E-state index in [4.69, 9.17) is 15.0 Å². The van der Waals surface area contributed by atoms with Gasteiger partial charge in [0.1, 0.15) is 6.10 Å². The maximum Gasteiger partial charge on any atom is 0.309 e. The van der Waals surface area contributed by atoms with Crippen LogP contribution in [0, 0.1) is 11.8 Å². The lowest BCUT2D eigenvalue weighted by Crippen LogP contribution is -2.28. The maximum atomic E-state index is 11.8. The van der Waals surface area contributed by atoms with Gasteiger partial charge >= 0.3 is 5.97 Å². The van der Waals surface area contributed by atoms with Crippen LogP contribution in [0.4, 0.5) is 0 Å². The molecule has 3 atom stereocenters. The summed E-state index contributed by atoms with van der Waals surface area (Å²) in [5.74, 6) is -0.119. The number of benzene rings is 1. The van der Waals surface area contributed by atoms with E-state index in [2.05, 4.69) is 10.0 Å². The van der Waals surface area contributed by atoms with Crippen molar-refractivity contribution in [3.8, 4) is 0 Å². The average Bonchev–Trinajstić information content (AvgIpc) is 2.89. The Morgan fingerprint density at radius 2 is 2.14 bits per heavy atom. The number of esters is 1. The molecule has 0 amide bonds. The molecule has 1 fully saturated rings. The Bertz CT molecular complexity index is 541. The van der Waals surface area contributed by atoms with Crippen molar-refractivity contribution in [2.24, 2.45) is 17.0 Å². The monoisotopic (exact) mass is 303 g/mol. The summed E-state index contributed by atoms with van der Waals surface area (Å²) in [4.78, 5) is 14.7. The van der Waals surface area contributed by atoms with E-state index < -0.39 is 12.1 Å². The van der Waals surface area contributed by atoms with E-state index >= 15 is 0 Å². The summed E-state index contributed by atoms with van der Waals surface area (Å²) in [6.45, 7) is 4.65. The molecule has 1 heterocycles. The minimum atomic E-state index is -0.485. The van der Waals surface area contributed by atoms with Crippen molar-refractivity contribution in [3.05, 3.63) is 46.3 Å². The maximum absolute atomic E-state index is 11.8. The van der Waals surface area contributed by atoms with Gasteiger partial charge in [-0.15, -0.1) is 0 Å². The SMILES string of the molecule is CC(C)[C@@H]1C[C@@H]([C@@H](COCc2ccccc2)N=[N+]=[N-])OC1=O. The third-order valence-corrected chi connectivity index (χ3v) is 3.89. The molecule has 0 aromatic heterocycles. The van der Waals surface area contributed by atoms with E-state index in [1.54, 1.807) is 0 Å². The summed E-state index contributed by atoms with van der Waals surface area (Å²) < 4.78 is 11.0. The Hall–Kier alpha value is -2.04. The molecule has 0 unspecified atom stereocenters. The highest BCUT2D eigenvalue weighted by Crippen LogP contribution is 2.30. The Kier molecular flexibility index (Phi) is 5.81. The number of rotatable bonds is 7. The van der Waals surface area contributed by atoms with Gasteiger partial charge in [-0.2, -0.15) is 0 Å². The molecule has 0 N–H and O–H groups in total. The Morgan fingerprint density at radius 1 is 1.41 bits per heavy atom. The van der Waals surface area contributed by atoms with Crippen molar-refractivity contribution in [2.75, 3.05) is 6.61 Å². The molecule has 1 aromatic carbocycles. The Labute approximate surface area is 130 Å². The van der Waals surface area contributed by atoms with Gasteiger partial charge in [0.25, 0.3) is 0 Å². The molecule has 0 bridgehead atoms. The lowest BCUT2D eigenvalue weighted by atomic mass is 9.91. The van der Waals surface area contributed by atoms with Crippen molar-refractivity contribution in [2.45, 2.75) is 39.0 Å². The predicted octanol–water partition coefficient (Wildman–Crippen LogP) is 3.47. The molecular formula is C16H21N3O3. The van der Waals surface area contributed by atoms with Crippen LogP contribution in [-0.4, -0.2) is 24.7 Å². The van der Waals surface area contributed by atoms with Crippen LogP contribution in [0.15, 0.2) is 35.4 Å². The first-order valence-electron chi connectivity index (χ1n) is 7.48. The molecule has 118 valence electrons. The summed E-state index contributed by atoms with van der Waals surface area (Å²) in [7, 11) is 0. The molecule has 1 aliphatic heterocycles. The first-order chi connectivity index (χ1) is 10.6. The molecule has 0 radical (unpaired) electrons. The van der Waals surface area contributed by atoms with Crippen LogP contribution in [0.1, 0.15) is 25.8 Å². The fourth-order valence-corrected chi connectivity index (χ4v) is 2.56. The number of carbonyl (C=O) groups excluding carboxylic acids is 1. The topological polar surface area (TPSA) is 84.3 Å². The summed E-state index contributed by atoms with van der Waals surface area (Å²) >= 11 is 0. The summed E-state index contributed by atoms with van der Waals surface area (Å²) in [6, 6.07) is 9.27. The van der Waals surface area contributed by atoms with Crippen molar-refractivity contribution in [3.63, 3.8) is 0 Å². The van der Waals surface area contributed by atoms with E-state index in [1.807, 2.05) is 44.2 Å². The molecule has 1 saturated heterocycles. The van der Waals surface area contributed by atoms with Gasteiger partial charge in [0, 0.05) is 4.91 Å². The van der Waals surface area contributed by atoms with Crippen LogP contribution in [0.5, 0.6) is 0 Å². The first kappa shape index (κ1) is 16.3. The van der Waals surface area contributed by atoms with Gasteiger partial charge in [0.2, 0.25) is 0 Å². The van der Waals surface area contributed by atoms with Crippen molar-refractivity contribution >= 4 is 5.97 Å². The van der Waals surface area contributed by atoms with E-state index in [0.29, 0.717) is 13.0 Å². The third-order valence-electron chi connectivity index (χ3n) is 3.89. The molecular weight excluding hydrogens is 282 g/mol. The Balaban J connectivity index is 1.90. The smallest absolute Gasteiger partial charge is 0.309 e. The van der Waals surface area contributed by atoms with Gasteiger partial charge in [0.05, 0.1) is 25.2 Å². The number of nitrogens with zero attached hydrogens (tertiary/aromatic N) is 3. The molecule has 1 aromatic rings. The zero-order valence-electron chi connectivity index (χ0n) is 12.9. The van der Waals surface area contributed by atoms with E-state index in [9.17, 15) is 4.79 Å². The van der Waals surface area contributed by atoms with Gasteiger partial charge in [-0.25, -0.2) is 0 Å². The third kappa shape index (κ3) is 4.23. The molecule has 6 nitrogen and oxygen atoms in total. The molecule has 1 aliphatic rings. The second-order valence-electron chi connectivity index (χ2n) is 5.83. The number of cyclic esters (lactones) is 1. The Morgan fingerprint density at radius 3 is 2.73 bits per heavy atom. The minimum absolute atomic E-state index is 0.129. The van der Waals surface area contributed by atoms with Gasteiger partial charge in [-0.1, -0.05) is 49.3 Å². The van der Waals surface area contributed by atoms with E-state index in [0.717, 1.165) is 5.56 Å². The number of ether oxygens (including phenoxy) is 2. The molecule has 2 rings (SSSR count). The number of hydrogen-bond acceptors (Lipinski definition) is 4. The van der Waals surface area contributed by atoms with Crippen LogP contribution < -0.4 is 0 Å². The fourth-order valence-electron chi connectivity index (χ4n) is 2.56. The average molecular weight is 303 g/mol. The number of azide groups is 1. The quantitative estimate of drug-likeness (QED) is 0.334. The predicted molar refractivity (Wildman–Crippen MR) is 81.9 cm³/mol. The molecule has 6 heteroatoms. The second-order valence-corrected chi connectivity index (χ2v) is 5.83.